The molecule has 186 valence electrons. The van der Waals surface area contributed by atoms with Gasteiger partial charge in [0.2, 0.25) is 0 Å². The Balaban J connectivity index is 0.00000161. The first-order chi connectivity index (χ1) is 15.4. The molecule has 2 unspecified atom stereocenters. The Kier molecular flexibility index (Phi) is 14.8. The van der Waals surface area contributed by atoms with E-state index in [1.807, 2.05) is 6.08 Å². The highest BCUT2D eigenvalue weighted by Crippen LogP contribution is 2.37. The Hall–Kier alpha value is -1.20. The summed E-state index contributed by atoms with van der Waals surface area (Å²) in [7, 11) is 1.33. The molecule has 1 saturated carbocycles. The maximum atomic E-state index is 14.3. The van der Waals surface area contributed by atoms with Crippen LogP contribution in [0.15, 0.2) is 35.6 Å². The lowest BCUT2D eigenvalue weighted by atomic mass is 9.76. The first kappa shape index (κ1) is 28.8. The average Bonchev–Trinajstić information content (AvgIpc) is 2.83. The first-order valence-corrected chi connectivity index (χ1v) is 12.5. The normalized spacial score (nSPS) is 27.5. The fourth-order valence-corrected chi connectivity index (χ4v) is 4.39. The third-order valence-corrected chi connectivity index (χ3v) is 6.50. The lowest BCUT2D eigenvalue weighted by Gasteiger charge is -2.37. The van der Waals surface area contributed by atoms with Crippen molar-refractivity contribution < 1.29 is 23.0 Å². The SMILES string of the molecule is C=CCCC1CCC(C2CCC(OC/C(CC)=C(F)/C(F)=C(\C)OC)CO2)CC1.CCC. The summed E-state index contributed by atoms with van der Waals surface area (Å²) in [5.41, 5.74) is 0.318. The molecular weight excluding hydrogens is 410 g/mol. The second-order valence-corrected chi connectivity index (χ2v) is 9.08. The van der Waals surface area contributed by atoms with Crippen molar-refractivity contribution in [1.82, 2.24) is 0 Å². The topological polar surface area (TPSA) is 27.7 Å². The molecule has 3 nitrogen and oxygen atoms in total. The van der Waals surface area contributed by atoms with Crippen LogP contribution in [0.3, 0.4) is 0 Å². The summed E-state index contributed by atoms with van der Waals surface area (Å²) in [6.45, 7) is 11.9. The molecule has 5 heteroatoms. The van der Waals surface area contributed by atoms with E-state index in [2.05, 4.69) is 20.4 Å². The second kappa shape index (κ2) is 16.4. The van der Waals surface area contributed by atoms with Crippen LogP contribution in [-0.4, -0.2) is 32.5 Å². The number of allylic oxidation sites excluding steroid dienone is 4. The van der Waals surface area contributed by atoms with Crippen LogP contribution in [0, 0.1) is 11.8 Å². The molecule has 0 bridgehead atoms. The zero-order chi connectivity index (χ0) is 23.9. The molecule has 0 amide bonds. The molecule has 1 heterocycles. The molecule has 2 fully saturated rings. The number of halogens is 2. The van der Waals surface area contributed by atoms with Crippen molar-refractivity contribution >= 4 is 0 Å². The van der Waals surface area contributed by atoms with E-state index < -0.39 is 11.7 Å². The van der Waals surface area contributed by atoms with E-state index in [9.17, 15) is 8.78 Å². The lowest BCUT2D eigenvalue weighted by Crippen LogP contribution is -2.37. The average molecular weight is 457 g/mol. The van der Waals surface area contributed by atoms with E-state index in [4.69, 9.17) is 14.2 Å². The van der Waals surface area contributed by atoms with Gasteiger partial charge < -0.3 is 14.2 Å². The predicted octanol–water partition coefficient (Wildman–Crippen LogP) is 8.22. The van der Waals surface area contributed by atoms with Crippen LogP contribution in [-0.2, 0) is 14.2 Å². The van der Waals surface area contributed by atoms with E-state index in [-0.39, 0.29) is 18.5 Å². The maximum Gasteiger partial charge on any atom is 0.196 e. The quantitative estimate of drug-likeness (QED) is 0.188. The fraction of sp³-hybridized carbons (Fsp3) is 0.778. The summed E-state index contributed by atoms with van der Waals surface area (Å²) >= 11 is 0. The Morgan fingerprint density at radius 2 is 1.69 bits per heavy atom. The van der Waals surface area contributed by atoms with Crippen LogP contribution in [0.1, 0.15) is 91.9 Å². The van der Waals surface area contributed by atoms with Gasteiger partial charge in [0, 0.05) is 0 Å². The first-order valence-electron chi connectivity index (χ1n) is 12.5. The third kappa shape index (κ3) is 9.74. The van der Waals surface area contributed by atoms with Crippen molar-refractivity contribution in [3.63, 3.8) is 0 Å². The standard InChI is InChI=1S/C24H38F2O3.C3H8/c1-5-7-8-18-9-11-20(12-10-18)22-14-13-21(16-29-22)28-15-19(6-2)24(26)23(25)17(3)27-4;1-3-2/h5,18,20-22H,1,6-16H2,2-4H3;3H2,1-2H3/b23-17-,24-19-;. The van der Waals surface area contributed by atoms with Gasteiger partial charge in [-0.05, 0) is 69.3 Å². The predicted molar refractivity (Wildman–Crippen MR) is 129 cm³/mol. The van der Waals surface area contributed by atoms with Crippen molar-refractivity contribution in [2.24, 2.45) is 11.8 Å². The van der Waals surface area contributed by atoms with Gasteiger partial charge in [-0.1, -0.05) is 46.1 Å². The minimum atomic E-state index is -0.948. The molecule has 32 heavy (non-hydrogen) atoms. The van der Waals surface area contributed by atoms with Gasteiger partial charge in [0.25, 0.3) is 0 Å². The zero-order valence-corrected chi connectivity index (χ0v) is 21.1. The smallest absolute Gasteiger partial charge is 0.196 e. The van der Waals surface area contributed by atoms with E-state index in [0.717, 1.165) is 25.2 Å². The number of hydrogen-bond acceptors (Lipinski definition) is 3. The molecule has 0 spiro atoms. The largest absolute Gasteiger partial charge is 0.498 e. The summed E-state index contributed by atoms with van der Waals surface area (Å²) < 4.78 is 45.1. The molecule has 1 aliphatic carbocycles. The molecular formula is C27H46F2O3. The van der Waals surface area contributed by atoms with Crippen LogP contribution in [0.2, 0.25) is 0 Å². The van der Waals surface area contributed by atoms with Crippen molar-refractivity contribution in [2.45, 2.75) is 104 Å². The van der Waals surface area contributed by atoms with Crippen LogP contribution in [0.4, 0.5) is 8.78 Å². The molecule has 2 aliphatic rings. The van der Waals surface area contributed by atoms with Crippen LogP contribution in [0.25, 0.3) is 0 Å². The molecule has 1 aliphatic heterocycles. The minimum Gasteiger partial charge on any atom is -0.498 e. The van der Waals surface area contributed by atoms with Gasteiger partial charge in [-0.15, -0.1) is 6.58 Å². The Morgan fingerprint density at radius 3 is 2.19 bits per heavy atom. The molecule has 0 aromatic carbocycles. The highest BCUT2D eigenvalue weighted by Gasteiger charge is 2.32. The Labute approximate surface area is 195 Å². The van der Waals surface area contributed by atoms with Gasteiger partial charge in [0.1, 0.15) is 5.76 Å². The molecule has 0 aromatic rings. The summed E-state index contributed by atoms with van der Waals surface area (Å²) in [4.78, 5) is 0. The van der Waals surface area contributed by atoms with Crippen LogP contribution < -0.4 is 0 Å². The van der Waals surface area contributed by atoms with Crippen molar-refractivity contribution in [1.29, 1.82) is 0 Å². The molecule has 0 aromatic heterocycles. The lowest BCUT2D eigenvalue weighted by molar-refractivity contribution is -0.104. The highest BCUT2D eigenvalue weighted by atomic mass is 19.2. The molecule has 0 N–H and O–H groups in total. The van der Waals surface area contributed by atoms with E-state index in [0.29, 0.717) is 30.6 Å². The van der Waals surface area contributed by atoms with Gasteiger partial charge in [0.05, 0.1) is 32.5 Å². The maximum absolute atomic E-state index is 14.3. The molecule has 0 radical (unpaired) electrons. The Morgan fingerprint density at radius 1 is 1.03 bits per heavy atom. The number of rotatable bonds is 10. The van der Waals surface area contributed by atoms with Crippen molar-refractivity contribution in [3.8, 4) is 0 Å². The van der Waals surface area contributed by atoms with Crippen LogP contribution in [0.5, 0.6) is 0 Å². The van der Waals surface area contributed by atoms with Crippen molar-refractivity contribution in [3.05, 3.63) is 35.6 Å². The van der Waals surface area contributed by atoms with Crippen LogP contribution >= 0.6 is 0 Å². The summed E-state index contributed by atoms with van der Waals surface area (Å²) in [6, 6.07) is 0. The Bertz CT molecular complexity index is 584. The van der Waals surface area contributed by atoms with Crippen molar-refractivity contribution in [2.75, 3.05) is 20.3 Å². The number of methoxy groups -OCH3 is 1. The second-order valence-electron chi connectivity index (χ2n) is 9.08. The molecule has 2 rings (SSSR count). The van der Waals surface area contributed by atoms with Gasteiger partial charge >= 0.3 is 0 Å². The number of ether oxygens (including phenoxy) is 3. The van der Waals surface area contributed by atoms with Gasteiger partial charge in [-0.2, -0.15) is 0 Å². The van der Waals surface area contributed by atoms with Gasteiger partial charge in [-0.3, -0.25) is 0 Å². The zero-order valence-electron chi connectivity index (χ0n) is 21.1. The van der Waals surface area contributed by atoms with Gasteiger partial charge in [-0.25, -0.2) is 8.78 Å². The van der Waals surface area contributed by atoms with E-state index >= 15 is 0 Å². The van der Waals surface area contributed by atoms with Gasteiger partial charge in [0.15, 0.2) is 11.7 Å². The summed E-state index contributed by atoms with van der Waals surface area (Å²) in [5, 5.41) is 0. The highest BCUT2D eigenvalue weighted by molar-refractivity contribution is 5.27. The van der Waals surface area contributed by atoms with E-state index in [1.165, 1.54) is 52.6 Å². The fourth-order valence-electron chi connectivity index (χ4n) is 4.39. The molecule has 1 saturated heterocycles. The monoisotopic (exact) mass is 456 g/mol. The minimum absolute atomic E-state index is 0.0555. The number of hydrogen-bond donors (Lipinski definition) is 0. The summed E-state index contributed by atoms with van der Waals surface area (Å²) in [6.07, 6.45) is 13.3. The van der Waals surface area contributed by atoms with E-state index in [1.54, 1.807) is 6.92 Å². The third-order valence-electron chi connectivity index (χ3n) is 6.50. The molecule has 2 atom stereocenters. The summed E-state index contributed by atoms with van der Waals surface area (Å²) in [5.74, 6) is -0.382.